The summed E-state index contributed by atoms with van der Waals surface area (Å²) in [7, 11) is 0. The van der Waals surface area contributed by atoms with E-state index in [1.807, 2.05) is 6.07 Å². The average molecular weight is 472 g/mol. The predicted octanol–water partition coefficient (Wildman–Crippen LogP) is 3.92. The van der Waals surface area contributed by atoms with Crippen LogP contribution in [0.15, 0.2) is 18.5 Å². The zero-order valence-electron chi connectivity index (χ0n) is 20.1. The lowest BCUT2D eigenvalue weighted by Gasteiger charge is -2.37. The number of benzene rings is 1. The molecule has 8 nitrogen and oxygen atoms in total. The van der Waals surface area contributed by atoms with Gasteiger partial charge in [0.15, 0.2) is 5.65 Å². The summed E-state index contributed by atoms with van der Waals surface area (Å²) < 4.78 is 6.15. The molecule has 33 heavy (non-hydrogen) atoms. The molecule has 0 amide bonds. The Morgan fingerprint density at radius 3 is 2.48 bits per heavy atom. The third kappa shape index (κ3) is 5.01. The first-order chi connectivity index (χ1) is 16.0. The van der Waals surface area contributed by atoms with E-state index in [1.165, 1.54) is 0 Å². The van der Waals surface area contributed by atoms with Gasteiger partial charge < -0.3 is 19.4 Å². The van der Waals surface area contributed by atoms with Crippen molar-refractivity contribution in [3.63, 3.8) is 0 Å². The Hall–Kier alpha value is -2.58. The first-order valence-electron chi connectivity index (χ1n) is 11.9. The fraction of sp³-hybridized carbons (Fsp3) is 0.542. The summed E-state index contributed by atoms with van der Waals surface area (Å²) in [6, 6.07) is 3.99. The van der Waals surface area contributed by atoms with Gasteiger partial charge in [0.25, 0.3) is 0 Å². The molecule has 0 aliphatic carbocycles. The molecule has 0 saturated carbocycles. The normalized spacial score (nSPS) is 14.5. The quantitative estimate of drug-likeness (QED) is 0.507. The summed E-state index contributed by atoms with van der Waals surface area (Å²) in [6.45, 7) is 15.7. The van der Waals surface area contributed by atoms with Crippen molar-refractivity contribution in [2.75, 3.05) is 62.2 Å². The minimum atomic E-state index is 0.657. The number of halogens is 1. The molecule has 0 bridgehead atoms. The maximum Gasteiger partial charge on any atom is 0.186 e. The van der Waals surface area contributed by atoms with Crippen molar-refractivity contribution < 1.29 is 4.74 Å². The number of hydrogen-bond acceptors (Lipinski definition) is 7. The van der Waals surface area contributed by atoms with Gasteiger partial charge in [-0.25, -0.2) is 9.97 Å². The molecule has 1 aliphatic heterocycles. The summed E-state index contributed by atoms with van der Waals surface area (Å²) in [6.07, 6.45) is 2.48. The molecule has 0 spiro atoms. The van der Waals surface area contributed by atoms with Crippen LogP contribution in [-0.2, 0) is 6.42 Å². The number of piperazine rings is 1. The standard InChI is InChI=1S/C24H34ClN7O/c1-5-19-22-23(29-28-19)26-16-27-24(22)32-10-8-31(9-11-32)20-14-18(25)15-21(17(20)4)33-13-12-30(6-2)7-3/h14-16H,5-13H2,1-4H3,(H,26,27,28,29). The lowest BCUT2D eigenvalue weighted by Crippen LogP contribution is -2.47. The summed E-state index contributed by atoms with van der Waals surface area (Å²) in [5, 5.41) is 9.19. The van der Waals surface area contributed by atoms with Gasteiger partial charge in [0.05, 0.1) is 5.39 Å². The molecular formula is C24H34ClN7O. The van der Waals surface area contributed by atoms with Gasteiger partial charge in [-0.2, -0.15) is 5.10 Å². The zero-order chi connectivity index (χ0) is 23.4. The molecule has 1 aromatic carbocycles. The highest BCUT2D eigenvalue weighted by atomic mass is 35.5. The Balaban J connectivity index is 1.47. The van der Waals surface area contributed by atoms with E-state index in [0.717, 1.165) is 91.8 Å². The van der Waals surface area contributed by atoms with Crippen LogP contribution in [0.1, 0.15) is 32.0 Å². The Morgan fingerprint density at radius 1 is 1.06 bits per heavy atom. The molecule has 2 aromatic heterocycles. The van der Waals surface area contributed by atoms with Crippen LogP contribution in [0.3, 0.4) is 0 Å². The van der Waals surface area contributed by atoms with Crippen molar-refractivity contribution in [2.45, 2.75) is 34.1 Å². The van der Waals surface area contributed by atoms with Gasteiger partial charge in [-0.3, -0.25) is 5.10 Å². The van der Waals surface area contributed by atoms with Crippen LogP contribution in [0.2, 0.25) is 5.02 Å². The summed E-state index contributed by atoms with van der Waals surface area (Å²) >= 11 is 6.49. The molecule has 3 aromatic rings. The van der Waals surface area contributed by atoms with E-state index in [0.29, 0.717) is 11.6 Å². The van der Waals surface area contributed by atoms with Crippen LogP contribution in [0, 0.1) is 6.92 Å². The lowest BCUT2D eigenvalue weighted by molar-refractivity contribution is 0.222. The Bertz CT molecular complexity index is 1070. The second-order valence-electron chi connectivity index (χ2n) is 8.35. The van der Waals surface area contributed by atoms with Crippen LogP contribution in [0.4, 0.5) is 11.5 Å². The first kappa shape index (κ1) is 23.6. The second-order valence-corrected chi connectivity index (χ2v) is 8.79. The van der Waals surface area contributed by atoms with Crippen LogP contribution >= 0.6 is 11.6 Å². The minimum Gasteiger partial charge on any atom is -0.492 e. The van der Waals surface area contributed by atoms with Crippen molar-refractivity contribution in [2.24, 2.45) is 0 Å². The van der Waals surface area contributed by atoms with Crippen molar-refractivity contribution >= 4 is 34.1 Å². The third-order valence-corrected chi connectivity index (χ3v) is 6.75. The highest BCUT2D eigenvalue weighted by Crippen LogP contribution is 2.34. The van der Waals surface area contributed by atoms with E-state index in [2.05, 4.69) is 68.6 Å². The Kier molecular flexibility index (Phi) is 7.55. The molecule has 4 rings (SSSR count). The maximum atomic E-state index is 6.49. The maximum absolute atomic E-state index is 6.49. The monoisotopic (exact) mass is 471 g/mol. The van der Waals surface area contributed by atoms with Gasteiger partial charge in [0.1, 0.15) is 24.5 Å². The Morgan fingerprint density at radius 2 is 1.79 bits per heavy atom. The molecule has 1 aliphatic rings. The van der Waals surface area contributed by atoms with Crippen molar-refractivity contribution in [1.82, 2.24) is 25.1 Å². The summed E-state index contributed by atoms with van der Waals surface area (Å²) in [5.74, 6) is 1.84. The molecule has 0 radical (unpaired) electrons. The number of aryl methyl sites for hydroxylation is 1. The molecule has 1 saturated heterocycles. The molecular weight excluding hydrogens is 438 g/mol. The number of ether oxygens (including phenoxy) is 1. The summed E-state index contributed by atoms with van der Waals surface area (Å²) in [4.78, 5) is 16.0. The van der Waals surface area contributed by atoms with E-state index in [1.54, 1.807) is 6.33 Å². The fourth-order valence-electron chi connectivity index (χ4n) is 4.50. The van der Waals surface area contributed by atoms with E-state index >= 15 is 0 Å². The van der Waals surface area contributed by atoms with E-state index < -0.39 is 0 Å². The number of hydrogen-bond donors (Lipinski definition) is 1. The van der Waals surface area contributed by atoms with Crippen LogP contribution in [0.25, 0.3) is 11.0 Å². The third-order valence-electron chi connectivity index (χ3n) is 6.54. The molecule has 0 unspecified atom stereocenters. The van der Waals surface area contributed by atoms with Crippen LogP contribution in [0.5, 0.6) is 5.75 Å². The number of fused-ring (bicyclic) bond motifs is 1. The number of H-pyrrole nitrogens is 1. The van der Waals surface area contributed by atoms with Gasteiger partial charge in [0.2, 0.25) is 0 Å². The molecule has 1 N–H and O–H groups in total. The first-order valence-corrected chi connectivity index (χ1v) is 12.3. The highest BCUT2D eigenvalue weighted by Gasteiger charge is 2.24. The number of nitrogens with zero attached hydrogens (tertiary/aromatic N) is 6. The number of aromatic amines is 1. The van der Waals surface area contributed by atoms with Crippen molar-refractivity contribution in [3.8, 4) is 5.75 Å². The molecule has 178 valence electrons. The largest absolute Gasteiger partial charge is 0.492 e. The fourth-order valence-corrected chi connectivity index (χ4v) is 4.70. The number of anilines is 2. The van der Waals surface area contributed by atoms with Crippen LogP contribution in [-0.4, -0.2) is 77.5 Å². The van der Waals surface area contributed by atoms with Gasteiger partial charge >= 0.3 is 0 Å². The van der Waals surface area contributed by atoms with Gasteiger partial charge in [-0.15, -0.1) is 0 Å². The molecule has 9 heteroatoms. The van der Waals surface area contributed by atoms with Gasteiger partial charge in [-0.1, -0.05) is 32.4 Å². The topological polar surface area (TPSA) is 73.4 Å². The van der Waals surface area contributed by atoms with Gasteiger partial charge in [0, 0.05) is 54.7 Å². The minimum absolute atomic E-state index is 0.657. The number of nitrogens with one attached hydrogen (secondary N) is 1. The smallest absolute Gasteiger partial charge is 0.186 e. The SMILES string of the molecule is CCc1[nH]nc2ncnc(N3CCN(c4cc(Cl)cc(OCCN(CC)CC)c4C)CC3)c12. The average Bonchev–Trinajstić information content (AvgIpc) is 3.27. The molecule has 3 heterocycles. The number of rotatable bonds is 9. The summed E-state index contributed by atoms with van der Waals surface area (Å²) in [5.41, 5.74) is 4.10. The number of likely N-dealkylation sites (N-methyl/N-ethyl adjacent to an activating group) is 1. The predicted molar refractivity (Wildman–Crippen MR) is 135 cm³/mol. The zero-order valence-corrected chi connectivity index (χ0v) is 20.8. The lowest BCUT2D eigenvalue weighted by atomic mass is 10.1. The molecule has 1 fully saturated rings. The second kappa shape index (κ2) is 10.6. The molecule has 0 atom stereocenters. The highest BCUT2D eigenvalue weighted by molar-refractivity contribution is 6.31. The van der Waals surface area contributed by atoms with Gasteiger partial charge in [-0.05, 0) is 38.6 Å². The van der Waals surface area contributed by atoms with Crippen molar-refractivity contribution in [1.29, 1.82) is 0 Å². The Labute approximate surface area is 200 Å². The van der Waals surface area contributed by atoms with E-state index in [4.69, 9.17) is 16.3 Å². The van der Waals surface area contributed by atoms with Crippen LogP contribution < -0.4 is 14.5 Å². The van der Waals surface area contributed by atoms with E-state index in [-0.39, 0.29) is 0 Å². The van der Waals surface area contributed by atoms with Crippen molar-refractivity contribution in [3.05, 3.63) is 34.7 Å². The number of aromatic nitrogens is 4. The van der Waals surface area contributed by atoms with E-state index in [9.17, 15) is 0 Å².